The molecule has 2 heterocycles. The van der Waals surface area contributed by atoms with Gasteiger partial charge in [-0.05, 0) is 18.2 Å². The molecule has 0 saturated heterocycles. The molecule has 0 aliphatic carbocycles. The number of benzene rings is 2. The van der Waals surface area contributed by atoms with Gasteiger partial charge in [-0.15, -0.1) is 0 Å². The molecular weight excluding hydrogens is 316 g/mol. The Hall–Kier alpha value is -1.91. The molecule has 0 unspecified atom stereocenters. The Kier molecular flexibility index (Phi) is 3.89. The molecule has 0 amide bonds. The number of aryl methyl sites for hydroxylation is 1. The molecule has 0 radical (unpaired) electrons. The van der Waals surface area contributed by atoms with Crippen LogP contribution in [0.25, 0.3) is 10.9 Å². The van der Waals surface area contributed by atoms with E-state index in [4.69, 9.17) is 4.74 Å². The zero-order chi connectivity index (χ0) is 14.4. The highest BCUT2D eigenvalue weighted by atomic mass is 35.5. The van der Waals surface area contributed by atoms with Crippen LogP contribution < -0.4 is 27.0 Å². The molecule has 3 nitrogen and oxygen atoms in total. The summed E-state index contributed by atoms with van der Waals surface area (Å²) >= 11 is 1.79. The van der Waals surface area contributed by atoms with Crippen molar-refractivity contribution in [2.45, 2.75) is 9.79 Å². The maximum atomic E-state index is 5.32. The molecule has 0 spiro atoms. The number of para-hydroxylation sites is 1. The van der Waals surface area contributed by atoms with Gasteiger partial charge in [0, 0.05) is 17.0 Å². The van der Waals surface area contributed by atoms with Crippen molar-refractivity contribution in [2.75, 3.05) is 12.4 Å². The van der Waals surface area contributed by atoms with Gasteiger partial charge in [0.05, 0.1) is 23.9 Å². The minimum Gasteiger partial charge on any atom is -1.00 e. The van der Waals surface area contributed by atoms with E-state index in [2.05, 4.69) is 53.5 Å². The van der Waals surface area contributed by atoms with Gasteiger partial charge in [-0.25, -0.2) is 0 Å². The van der Waals surface area contributed by atoms with E-state index < -0.39 is 0 Å². The topological polar surface area (TPSA) is 25.1 Å². The van der Waals surface area contributed by atoms with Gasteiger partial charge in [0.15, 0.2) is 6.20 Å². The van der Waals surface area contributed by atoms with Crippen LogP contribution in [-0.4, -0.2) is 7.11 Å². The van der Waals surface area contributed by atoms with Crippen molar-refractivity contribution in [3.63, 3.8) is 0 Å². The van der Waals surface area contributed by atoms with Crippen molar-refractivity contribution in [2.24, 2.45) is 7.05 Å². The molecule has 0 atom stereocenters. The van der Waals surface area contributed by atoms with E-state index >= 15 is 0 Å². The predicted molar refractivity (Wildman–Crippen MR) is 85.5 cm³/mol. The first-order chi connectivity index (χ1) is 10.3. The fraction of sp³-hybridized carbons (Fsp3) is 0.118. The Bertz CT molecular complexity index is 867. The maximum Gasteiger partial charge on any atom is 0.214 e. The zero-order valence-corrected chi connectivity index (χ0v) is 13.8. The molecule has 0 saturated carbocycles. The number of hydrogen-bond donors (Lipinski definition) is 1. The van der Waals surface area contributed by atoms with Crippen LogP contribution in [0.3, 0.4) is 0 Å². The Morgan fingerprint density at radius 2 is 1.91 bits per heavy atom. The number of aromatic nitrogens is 1. The highest BCUT2D eigenvalue weighted by molar-refractivity contribution is 7.99. The van der Waals surface area contributed by atoms with Crippen molar-refractivity contribution in [3.8, 4) is 5.75 Å². The number of nitrogens with zero attached hydrogens (tertiary/aromatic N) is 1. The number of hydrogen-bond acceptors (Lipinski definition) is 3. The lowest BCUT2D eigenvalue weighted by atomic mass is 10.1. The van der Waals surface area contributed by atoms with E-state index in [-0.39, 0.29) is 12.4 Å². The molecule has 1 N–H and O–H groups in total. The Balaban J connectivity index is 0.00000144. The van der Waals surface area contributed by atoms with Gasteiger partial charge in [0.1, 0.15) is 17.7 Å². The minimum atomic E-state index is 0. The summed E-state index contributed by atoms with van der Waals surface area (Å²) in [4.78, 5) is 2.47. The highest BCUT2D eigenvalue weighted by Gasteiger charge is 2.22. The SMILES string of the molecule is COc1ccc2c(c1)Nc1c(c[n+](C)c3ccccc13)S2.[Cl-]. The average molecular weight is 331 g/mol. The molecule has 3 aromatic rings. The van der Waals surface area contributed by atoms with Crippen LogP contribution in [-0.2, 0) is 7.05 Å². The van der Waals surface area contributed by atoms with E-state index in [0.717, 1.165) is 11.4 Å². The van der Waals surface area contributed by atoms with Crippen LogP contribution in [0, 0.1) is 0 Å². The number of pyridine rings is 1. The fourth-order valence-corrected chi connectivity index (χ4v) is 3.78. The quantitative estimate of drug-likeness (QED) is 0.525. The summed E-state index contributed by atoms with van der Waals surface area (Å²) in [5.41, 5.74) is 3.50. The summed E-state index contributed by atoms with van der Waals surface area (Å²) in [6.07, 6.45) is 2.18. The van der Waals surface area contributed by atoms with Crippen LogP contribution in [0.2, 0.25) is 0 Å². The van der Waals surface area contributed by atoms with Crippen molar-refractivity contribution in [1.82, 2.24) is 0 Å². The van der Waals surface area contributed by atoms with Gasteiger partial charge in [-0.2, -0.15) is 4.57 Å². The Labute approximate surface area is 139 Å². The normalized spacial score (nSPS) is 11.9. The van der Waals surface area contributed by atoms with Gasteiger partial charge < -0.3 is 22.5 Å². The number of rotatable bonds is 1. The van der Waals surface area contributed by atoms with E-state index in [1.807, 2.05) is 12.1 Å². The van der Waals surface area contributed by atoms with Crippen LogP contribution in [0.5, 0.6) is 5.75 Å². The first-order valence-electron chi connectivity index (χ1n) is 6.80. The summed E-state index contributed by atoms with van der Waals surface area (Å²) < 4.78 is 7.50. The predicted octanol–water partition coefficient (Wildman–Crippen LogP) is 0.885. The lowest BCUT2D eigenvalue weighted by Crippen LogP contribution is -3.00. The van der Waals surface area contributed by atoms with E-state index in [1.165, 1.54) is 26.4 Å². The average Bonchev–Trinajstić information content (AvgIpc) is 2.53. The molecule has 1 aromatic heterocycles. The number of halogens is 1. The summed E-state index contributed by atoms with van der Waals surface area (Å²) in [6.45, 7) is 0. The summed E-state index contributed by atoms with van der Waals surface area (Å²) in [7, 11) is 3.79. The molecule has 0 bridgehead atoms. The third-order valence-corrected chi connectivity index (χ3v) is 4.88. The standard InChI is InChI=1S/C17H14N2OS.ClH/c1-19-10-16-17(12-5-3-4-6-14(12)19)18-13-9-11(20-2)7-8-15(13)21-16;/h3-10H,1-2H3;1H. The van der Waals surface area contributed by atoms with E-state index in [1.54, 1.807) is 18.9 Å². The van der Waals surface area contributed by atoms with Crippen LogP contribution in [0.1, 0.15) is 0 Å². The maximum absolute atomic E-state index is 5.32. The van der Waals surface area contributed by atoms with Gasteiger partial charge in [-0.3, -0.25) is 0 Å². The molecule has 5 heteroatoms. The monoisotopic (exact) mass is 330 g/mol. The van der Waals surface area contributed by atoms with Gasteiger partial charge in [0.25, 0.3) is 0 Å². The lowest BCUT2D eigenvalue weighted by Gasteiger charge is -2.21. The highest BCUT2D eigenvalue weighted by Crippen LogP contribution is 2.46. The molecule has 112 valence electrons. The third kappa shape index (κ3) is 2.28. The number of fused-ring (bicyclic) bond motifs is 4. The van der Waals surface area contributed by atoms with Crippen molar-refractivity contribution < 1.29 is 21.7 Å². The molecule has 4 rings (SSSR count). The molecule has 22 heavy (non-hydrogen) atoms. The van der Waals surface area contributed by atoms with Gasteiger partial charge >= 0.3 is 0 Å². The molecule has 1 aliphatic rings. The number of nitrogens with one attached hydrogen (secondary N) is 1. The van der Waals surface area contributed by atoms with Crippen LogP contribution >= 0.6 is 11.8 Å². The van der Waals surface area contributed by atoms with Crippen molar-refractivity contribution in [1.29, 1.82) is 0 Å². The largest absolute Gasteiger partial charge is 1.00 e. The van der Waals surface area contributed by atoms with E-state index in [9.17, 15) is 0 Å². The van der Waals surface area contributed by atoms with Crippen molar-refractivity contribution >= 4 is 34.0 Å². The lowest BCUT2D eigenvalue weighted by molar-refractivity contribution is -0.646. The number of ether oxygens (including phenoxy) is 1. The van der Waals surface area contributed by atoms with Crippen molar-refractivity contribution in [3.05, 3.63) is 48.7 Å². The number of methoxy groups -OCH3 is 1. The van der Waals surface area contributed by atoms with Crippen LogP contribution in [0.15, 0.2) is 58.5 Å². The van der Waals surface area contributed by atoms with E-state index in [0.29, 0.717) is 0 Å². The first kappa shape index (κ1) is 15.0. The van der Waals surface area contributed by atoms with Crippen LogP contribution in [0.4, 0.5) is 11.4 Å². The molecular formula is C17H15ClN2OS. The second-order valence-corrected chi connectivity index (χ2v) is 6.17. The second kappa shape index (κ2) is 5.71. The third-order valence-electron chi connectivity index (χ3n) is 3.78. The molecule has 1 aliphatic heterocycles. The van der Waals surface area contributed by atoms with Gasteiger partial charge in [-0.1, -0.05) is 23.9 Å². The smallest absolute Gasteiger partial charge is 0.214 e. The summed E-state index contributed by atoms with van der Waals surface area (Å²) in [6, 6.07) is 14.6. The Morgan fingerprint density at radius 3 is 2.73 bits per heavy atom. The summed E-state index contributed by atoms with van der Waals surface area (Å²) in [5.74, 6) is 0.871. The first-order valence-corrected chi connectivity index (χ1v) is 7.62. The summed E-state index contributed by atoms with van der Waals surface area (Å²) in [5, 5.41) is 4.81. The molecule has 2 aromatic carbocycles. The minimum absolute atomic E-state index is 0. The fourth-order valence-electron chi connectivity index (χ4n) is 2.72. The number of anilines is 2. The van der Waals surface area contributed by atoms with Gasteiger partial charge in [0.2, 0.25) is 5.52 Å². The molecule has 0 fully saturated rings. The zero-order valence-electron chi connectivity index (χ0n) is 12.3. The Morgan fingerprint density at radius 1 is 1.09 bits per heavy atom. The second-order valence-electron chi connectivity index (χ2n) is 5.09.